The Morgan fingerprint density at radius 2 is 2.00 bits per heavy atom. The summed E-state index contributed by atoms with van der Waals surface area (Å²) in [5.74, 6) is 0.678. The van der Waals surface area contributed by atoms with Crippen LogP contribution in [-0.4, -0.2) is 13.1 Å². The lowest BCUT2D eigenvalue weighted by Gasteiger charge is -2.23. The first-order valence-corrected chi connectivity index (χ1v) is 5.52. The molecule has 0 bridgehead atoms. The molecule has 0 atom stereocenters. The third-order valence-electron chi connectivity index (χ3n) is 3.18. The molecule has 0 saturated carbocycles. The van der Waals surface area contributed by atoms with E-state index in [4.69, 9.17) is 5.26 Å². The van der Waals surface area contributed by atoms with Crippen molar-refractivity contribution in [3.63, 3.8) is 0 Å². The molecule has 1 heterocycles. The summed E-state index contributed by atoms with van der Waals surface area (Å²) in [5, 5.41) is 12.2. The highest BCUT2D eigenvalue weighted by atomic mass is 35.5. The van der Waals surface area contributed by atoms with Crippen molar-refractivity contribution >= 4 is 12.4 Å². The molecule has 1 saturated heterocycles. The maximum Gasteiger partial charge on any atom is 0.0994 e. The van der Waals surface area contributed by atoms with Crippen LogP contribution >= 0.6 is 12.4 Å². The molecule has 2 rings (SSSR count). The van der Waals surface area contributed by atoms with Crippen LogP contribution in [0.4, 0.5) is 0 Å². The van der Waals surface area contributed by atoms with Gasteiger partial charge in [-0.3, -0.25) is 0 Å². The minimum absolute atomic E-state index is 0. The molecule has 0 spiro atoms. The molecule has 0 aromatic heterocycles. The van der Waals surface area contributed by atoms with Crippen molar-refractivity contribution in [3.8, 4) is 6.07 Å². The molecule has 0 amide bonds. The number of piperidine rings is 1. The van der Waals surface area contributed by atoms with Gasteiger partial charge >= 0.3 is 0 Å². The fraction of sp³-hybridized carbons (Fsp3) is 0.462. The predicted molar refractivity (Wildman–Crippen MR) is 68.0 cm³/mol. The van der Waals surface area contributed by atoms with Crippen LogP contribution in [-0.2, 0) is 0 Å². The fourth-order valence-corrected chi connectivity index (χ4v) is 2.22. The molecular weight excluding hydrogens is 220 g/mol. The van der Waals surface area contributed by atoms with Gasteiger partial charge in [-0.15, -0.1) is 12.4 Å². The van der Waals surface area contributed by atoms with Crippen LogP contribution < -0.4 is 5.32 Å². The summed E-state index contributed by atoms with van der Waals surface area (Å²) in [6.07, 6.45) is 2.43. The lowest BCUT2D eigenvalue weighted by molar-refractivity contribution is 0.460. The van der Waals surface area contributed by atoms with Crippen molar-refractivity contribution < 1.29 is 0 Å². The number of hydrogen-bond donors (Lipinski definition) is 1. The lowest BCUT2D eigenvalue weighted by Crippen LogP contribution is -2.26. The van der Waals surface area contributed by atoms with E-state index in [0.717, 1.165) is 24.2 Å². The molecule has 3 heteroatoms. The van der Waals surface area contributed by atoms with Gasteiger partial charge in [0, 0.05) is 0 Å². The predicted octanol–water partition coefficient (Wildman–Crippen LogP) is 2.76. The van der Waals surface area contributed by atoms with Gasteiger partial charge in [0.25, 0.3) is 0 Å². The van der Waals surface area contributed by atoms with Crippen LogP contribution in [0.1, 0.15) is 35.4 Å². The number of rotatable bonds is 1. The van der Waals surface area contributed by atoms with Crippen molar-refractivity contribution in [1.29, 1.82) is 5.26 Å². The summed E-state index contributed by atoms with van der Waals surface area (Å²) >= 11 is 0. The van der Waals surface area contributed by atoms with Gasteiger partial charge < -0.3 is 5.32 Å². The third kappa shape index (κ3) is 2.75. The van der Waals surface area contributed by atoms with Gasteiger partial charge in [-0.25, -0.2) is 0 Å². The Labute approximate surface area is 103 Å². The summed E-state index contributed by atoms with van der Waals surface area (Å²) in [5.41, 5.74) is 3.30. The first-order chi connectivity index (χ1) is 7.31. The number of nitrogens with zero attached hydrogens (tertiary/aromatic N) is 1. The number of halogens is 1. The van der Waals surface area contributed by atoms with Gasteiger partial charge in [0.15, 0.2) is 0 Å². The Hall–Kier alpha value is -1.04. The molecule has 1 aromatic carbocycles. The van der Waals surface area contributed by atoms with E-state index < -0.39 is 0 Å². The zero-order valence-corrected chi connectivity index (χ0v) is 10.3. The Balaban J connectivity index is 0.00000128. The van der Waals surface area contributed by atoms with E-state index in [9.17, 15) is 0 Å². The number of nitrogens with one attached hydrogen (secondary N) is 1. The van der Waals surface area contributed by atoms with Crippen LogP contribution in [0.3, 0.4) is 0 Å². The topological polar surface area (TPSA) is 35.8 Å². The number of benzene rings is 1. The molecule has 1 N–H and O–H groups in total. The van der Waals surface area contributed by atoms with Crippen molar-refractivity contribution in [2.45, 2.75) is 25.7 Å². The Morgan fingerprint density at radius 1 is 1.31 bits per heavy atom. The molecule has 0 radical (unpaired) electrons. The van der Waals surface area contributed by atoms with Gasteiger partial charge in [-0.05, 0) is 56.0 Å². The highest BCUT2D eigenvalue weighted by molar-refractivity contribution is 5.85. The van der Waals surface area contributed by atoms with E-state index >= 15 is 0 Å². The van der Waals surface area contributed by atoms with Crippen LogP contribution in [0.2, 0.25) is 0 Å². The lowest BCUT2D eigenvalue weighted by atomic mass is 9.88. The van der Waals surface area contributed by atoms with Gasteiger partial charge in [0.05, 0.1) is 11.6 Å². The number of aryl methyl sites for hydroxylation is 1. The molecule has 16 heavy (non-hydrogen) atoms. The average molecular weight is 237 g/mol. The Morgan fingerprint density at radius 3 is 2.56 bits per heavy atom. The summed E-state index contributed by atoms with van der Waals surface area (Å²) in [7, 11) is 0. The van der Waals surface area contributed by atoms with Crippen LogP contribution in [0, 0.1) is 18.3 Å². The molecule has 0 unspecified atom stereocenters. The maximum atomic E-state index is 8.86. The van der Waals surface area contributed by atoms with Gasteiger partial charge in [-0.2, -0.15) is 5.26 Å². The number of nitriles is 1. The zero-order chi connectivity index (χ0) is 10.7. The van der Waals surface area contributed by atoms with E-state index in [2.05, 4.69) is 23.5 Å². The zero-order valence-electron chi connectivity index (χ0n) is 9.49. The minimum Gasteiger partial charge on any atom is -0.317 e. The van der Waals surface area contributed by atoms with Gasteiger partial charge in [0.2, 0.25) is 0 Å². The Bertz CT molecular complexity index is 389. The monoisotopic (exact) mass is 236 g/mol. The summed E-state index contributed by atoms with van der Waals surface area (Å²) in [6, 6.07) is 8.45. The largest absolute Gasteiger partial charge is 0.317 e. The molecule has 1 aliphatic heterocycles. The highest BCUT2D eigenvalue weighted by Crippen LogP contribution is 2.26. The normalized spacial score (nSPS) is 16.2. The van der Waals surface area contributed by atoms with Crippen LogP contribution in [0.25, 0.3) is 0 Å². The first kappa shape index (κ1) is 13.0. The smallest absolute Gasteiger partial charge is 0.0994 e. The second-order valence-electron chi connectivity index (χ2n) is 4.21. The highest BCUT2D eigenvalue weighted by Gasteiger charge is 2.15. The van der Waals surface area contributed by atoms with Gasteiger partial charge in [-0.1, -0.05) is 12.1 Å². The SMILES string of the molecule is Cc1cc(C2CCNCC2)ccc1C#N.Cl. The quantitative estimate of drug-likeness (QED) is 0.814. The minimum atomic E-state index is 0. The molecule has 0 aliphatic carbocycles. The van der Waals surface area contributed by atoms with Gasteiger partial charge in [0.1, 0.15) is 0 Å². The Kier molecular flexibility index (Phi) is 4.79. The van der Waals surface area contributed by atoms with Crippen LogP contribution in [0.15, 0.2) is 18.2 Å². The fourth-order valence-electron chi connectivity index (χ4n) is 2.22. The second kappa shape index (κ2) is 5.89. The molecule has 2 nitrogen and oxygen atoms in total. The van der Waals surface area contributed by atoms with Crippen molar-refractivity contribution in [2.24, 2.45) is 0 Å². The summed E-state index contributed by atoms with van der Waals surface area (Å²) in [6.45, 7) is 4.25. The van der Waals surface area contributed by atoms with Crippen molar-refractivity contribution in [1.82, 2.24) is 5.32 Å². The second-order valence-corrected chi connectivity index (χ2v) is 4.21. The van der Waals surface area contributed by atoms with E-state index in [-0.39, 0.29) is 12.4 Å². The third-order valence-corrected chi connectivity index (χ3v) is 3.18. The molecule has 1 aliphatic rings. The average Bonchev–Trinajstić information content (AvgIpc) is 2.30. The standard InChI is InChI=1S/C13H16N2.ClH/c1-10-8-12(2-3-13(10)9-14)11-4-6-15-7-5-11;/h2-3,8,11,15H,4-7H2,1H3;1H. The summed E-state index contributed by atoms with van der Waals surface area (Å²) in [4.78, 5) is 0. The maximum absolute atomic E-state index is 8.86. The van der Waals surface area contributed by atoms with E-state index in [1.165, 1.54) is 18.4 Å². The molecule has 1 aromatic rings. The van der Waals surface area contributed by atoms with E-state index in [1.54, 1.807) is 0 Å². The number of hydrogen-bond acceptors (Lipinski definition) is 2. The molecular formula is C13H17ClN2. The van der Waals surface area contributed by atoms with Crippen LogP contribution in [0.5, 0.6) is 0 Å². The van der Waals surface area contributed by atoms with E-state index in [1.807, 2.05) is 13.0 Å². The van der Waals surface area contributed by atoms with Crippen molar-refractivity contribution in [3.05, 3.63) is 34.9 Å². The van der Waals surface area contributed by atoms with E-state index in [0.29, 0.717) is 5.92 Å². The van der Waals surface area contributed by atoms with Crippen molar-refractivity contribution in [2.75, 3.05) is 13.1 Å². The molecule has 1 fully saturated rings. The molecule has 86 valence electrons. The summed E-state index contributed by atoms with van der Waals surface area (Å²) < 4.78 is 0. The first-order valence-electron chi connectivity index (χ1n) is 5.52.